The van der Waals surface area contributed by atoms with Gasteiger partial charge in [0.2, 0.25) is 0 Å². The van der Waals surface area contributed by atoms with Crippen molar-refractivity contribution in [1.82, 2.24) is 4.98 Å². The minimum atomic E-state index is -0.246. The van der Waals surface area contributed by atoms with Crippen molar-refractivity contribution in [3.63, 3.8) is 0 Å². The SMILES string of the molecule is CC(C)COc1ccccc1C(=O)Nc1ncc(CCO)s1. The number of carbonyl (C=O) groups excluding carboxylic acids is 1. The zero-order valence-electron chi connectivity index (χ0n) is 12.7. The summed E-state index contributed by atoms with van der Waals surface area (Å²) >= 11 is 1.36. The minimum Gasteiger partial charge on any atom is -0.492 e. The van der Waals surface area contributed by atoms with Gasteiger partial charge >= 0.3 is 0 Å². The Morgan fingerprint density at radius 2 is 2.18 bits per heavy atom. The molecule has 0 radical (unpaired) electrons. The van der Waals surface area contributed by atoms with Crippen molar-refractivity contribution in [2.45, 2.75) is 20.3 Å². The number of anilines is 1. The van der Waals surface area contributed by atoms with E-state index in [4.69, 9.17) is 9.84 Å². The Hall–Kier alpha value is -1.92. The number of rotatable bonds is 7. The summed E-state index contributed by atoms with van der Waals surface area (Å²) in [6.07, 6.45) is 2.21. The summed E-state index contributed by atoms with van der Waals surface area (Å²) in [5, 5.41) is 12.2. The number of hydrogen-bond donors (Lipinski definition) is 2. The Kier molecular flexibility index (Phi) is 5.91. The van der Waals surface area contributed by atoms with E-state index < -0.39 is 0 Å². The number of thiazole rings is 1. The maximum atomic E-state index is 12.4. The lowest BCUT2D eigenvalue weighted by Crippen LogP contribution is -2.14. The Bertz CT molecular complexity index is 625. The molecule has 22 heavy (non-hydrogen) atoms. The highest BCUT2D eigenvalue weighted by Gasteiger charge is 2.14. The van der Waals surface area contributed by atoms with E-state index >= 15 is 0 Å². The third-order valence-corrected chi connectivity index (χ3v) is 3.81. The van der Waals surface area contributed by atoms with E-state index in [0.29, 0.717) is 35.4 Å². The Morgan fingerprint density at radius 1 is 1.41 bits per heavy atom. The van der Waals surface area contributed by atoms with Gasteiger partial charge in [-0.2, -0.15) is 0 Å². The first-order valence-corrected chi connectivity index (χ1v) is 8.00. The summed E-state index contributed by atoms with van der Waals surface area (Å²) in [6, 6.07) is 7.16. The molecule has 0 aliphatic heterocycles. The van der Waals surface area contributed by atoms with Crippen LogP contribution in [0.4, 0.5) is 5.13 Å². The molecule has 0 atom stereocenters. The summed E-state index contributed by atoms with van der Waals surface area (Å²) in [5.41, 5.74) is 0.488. The second-order valence-corrected chi connectivity index (χ2v) is 6.38. The van der Waals surface area contributed by atoms with Crippen LogP contribution in [0.1, 0.15) is 29.1 Å². The second-order valence-electron chi connectivity index (χ2n) is 5.26. The van der Waals surface area contributed by atoms with Gasteiger partial charge in [0, 0.05) is 24.1 Å². The maximum absolute atomic E-state index is 12.4. The van der Waals surface area contributed by atoms with Crippen LogP contribution in [0, 0.1) is 5.92 Å². The molecule has 6 heteroatoms. The largest absolute Gasteiger partial charge is 0.492 e. The van der Waals surface area contributed by atoms with Gasteiger partial charge in [-0.15, -0.1) is 11.3 Å². The van der Waals surface area contributed by atoms with Gasteiger partial charge in [-0.25, -0.2) is 4.98 Å². The van der Waals surface area contributed by atoms with Crippen LogP contribution in [0.25, 0.3) is 0 Å². The molecule has 118 valence electrons. The highest BCUT2D eigenvalue weighted by molar-refractivity contribution is 7.15. The first-order chi connectivity index (χ1) is 10.6. The highest BCUT2D eigenvalue weighted by Crippen LogP contribution is 2.23. The van der Waals surface area contributed by atoms with Gasteiger partial charge < -0.3 is 9.84 Å². The zero-order chi connectivity index (χ0) is 15.9. The van der Waals surface area contributed by atoms with E-state index in [-0.39, 0.29) is 12.5 Å². The van der Waals surface area contributed by atoms with E-state index in [1.165, 1.54) is 11.3 Å². The van der Waals surface area contributed by atoms with Crippen LogP contribution in [0.2, 0.25) is 0 Å². The number of para-hydroxylation sites is 1. The van der Waals surface area contributed by atoms with Gasteiger partial charge in [-0.3, -0.25) is 10.1 Å². The monoisotopic (exact) mass is 320 g/mol. The molecule has 1 aromatic heterocycles. The predicted molar refractivity (Wildman–Crippen MR) is 87.6 cm³/mol. The van der Waals surface area contributed by atoms with Crippen LogP contribution in [0.15, 0.2) is 30.5 Å². The Morgan fingerprint density at radius 3 is 2.91 bits per heavy atom. The molecule has 0 bridgehead atoms. The van der Waals surface area contributed by atoms with Crippen molar-refractivity contribution in [3.05, 3.63) is 40.9 Å². The molecule has 0 aliphatic rings. The number of aliphatic hydroxyl groups excluding tert-OH is 1. The van der Waals surface area contributed by atoms with E-state index in [1.54, 1.807) is 24.4 Å². The van der Waals surface area contributed by atoms with Gasteiger partial charge in [0.25, 0.3) is 5.91 Å². The van der Waals surface area contributed by atoms with Gasteiger partial charge in [0.1, 0.15) is 5.75 Å². The molecule has 0 unspecified atom stereocenters. The molecular weight excluding hydrogens is 300 g/mol. The standard InChI is InChI=1S/C16H20N2O3S/c1-11(2)10-21-14-6-4-3-5-13(14)15(20)18-16-17-9-12(22-16)7-8-19/h3-6,9,11,19H,7-8,10H2,1-2H3,(H,17,18,20). The fourth-order valence-electron chi connectivity index (χ4n) is 1.79. The predicted octanol–water partition coefficient (Wildman–Crippen LogP) is 2.97. The smallest absolute Gasteiger partial charge is 0.261 e. The number of benzene rings is 1. The lowest BCUT2D eigenvalue weighted by Gasteiger charge is -2.12. The average molecular weight is 320 g/mol. The van der Waals surface area contributed by atoms with Crippen molar-refractivity contribution in [2.75, 3.05) is 18.5 Å². The van der Waals surface area contributed by atoms with Crippen molar-refractivity contribution < 1.29 is 14.6 Å². The normalized spacial score (nSPS) is 10.7. The molecular formula is C16H20N2O3S. The third-order valence-electron chi connectivity index (χ3n) is 2.84. The number of aromatic nitrogens is 1. The highest BCUT2D eigenvalue weighted by atomic mass is 32.1. The molecule has 2 rings (SSSR count). The number of aliphatic hydroxyl groups is 1. The van der Waals surface area contributed by atoms with Gasteiger partial charge in [-0.05, 0) is 18.1 Å². The van der Waals surface area contributed by atoms with E-state index in [2.05, 4.69) is 24.1 Å². The first-order valence-electron chi connectivity index (χ1n) is 7.19. The van der Waals surface area contributed by atoms with E-state index in [0.717, 1.165) is 4.88 Å². The van der Waals surface area contributed by atoms with E-state index in [1.807, 2.05) is 6.07 Å². The topological polar surface area (TPSA) is 71.5 Å². The van der Waals surface area contributed by atoms with Crippen molar-refractivity contribution in [1.29, 1.82) is 0 Å². The molecule has 0 aliphatic carbocycles. The van der Waals surface area contributed by atoms with Crippen LogP contribution < -0.4 is 10.1 Å². The van der Waals surface area contributed by atoms with Crippen LogP contribution in [0.5, 0.6) is 5.75 Å². The van der Waals surface area contributed by atoms with Crippen LogP contribution in [-0.4, -0.2) is 29.2 Å². The number of amides is 1. The summed E-state index contributed by atoms with van der Waals surface area (Å²) in [5.74, 6) is 0.709. The molecule has 0 spiro atoms. The van der Waals surface area contributed by atoms with Crippen molar-refractivity contribution in [2.24, 2.45) is 5.92 Å². The summed E-state index contributed by atoms with van der Waals surface area (Å²) in [7, 11) is 0. The number of nitrogens with one attached hydrogen (secondary N) is 1. The Balaban J connectivity index is 2.08. The molecule has 0 saturated carbocycles. The fraction of sp³-hybridized carbons (Fsp3) is 0.375. The fourth-order valence-corrected chi connectivity index (χ4v) is 2.59. The van der Waals surface area contributed by atoms with Crippen LogP contribution in [-0.2, 0) is 6.42 Å². The van der Waals surface area contributed by atoms with Gasteiger partial charge in [0.15, 0.2) is 5.13 Å². The summed E-state index contributed by atoms with van der Waals surface area (Å²) in [6.45, 7) is 4.74. The van der Waals surface area contributed by atoms with Crippen molar-refractivity contribution >= 4 is 22.4 Å². The first kappa shape index (κ1) is 16.5. The molecule has 0 fully saturated rings. The number of ether oxygens (including phenoxy) is 1. The van der Waals surface area contributed by atoms with E-state index in [9.17, 15) is 4.79 Å². The van der Waals surface area contributed by atoms with Gasteiger partial charge in [-0.1, -0.05) is 26.0 Å². The van der Waals surface area contributed by atoms with Crippen molar-refractivity contribution in [3.8, 4) is 5.75 Å². The molecule has 2 aromatic rings. The molecule has 0 saturated heterocycles. The summed E-state index contributed by atoms with van der Waals surface area (Å²) in [4.78, 5) is 17.4. The summed E-state index contributed by atoms with van der Waals surface area (Å²) < 4.78 is 5.69. The zero-order valence-corrected chi connectivity index (χ0v) is 13.5. The Labute approximate surface area is 134 Å². The molecule has 1 aromatic carbocycles. The minimum absolute atomic E-state index is 0.0709. The van der Waals surface area contributed by atoms with Gasteiger partial charge in [0.05, 0.1) is 12.2 Å². The lowest BCUT2D eigenvalue weighted by molar-refractivity contribution is 0.102. The van der Waals surface area contributed by atoms with Crippen LogP contribution >= 0.6 is 11.3 Å². The number of hydrogen-bond acceptors (Lipinski definition) is 5. The van der Waals surface area contributed by atoms with Crippen LogP contribution in [0.3, 0.4) is 0 Å². The molecule has 5 nitrogen and oxygen atoms in total. The third kappa shape index (κ3) is 4.54. The maximum Gasteiger partial charge on any atom is 0.261 e. The average Bonchev–Trinajstić information content (AvgIpc) is 2.93. The lowest BCUT2D eigenvalue weighted by atomic mass is 10.2. The second kappa shape index (κ2) is 7.91. The molecule has 1 amide bonds. The quantitative estimate of drug-likeness (QED) is 0.823. The number of nitrogens with zero attached hydrogens (tertiary/aromatic N) is 1. The number of carbonyl (C=O) groups is 1. The molecule has 1 heterocycles. The molecule has 2 N–H and O–H groups in total.